The van der Waals surface area contributed by atoms with Crippen molar-refractivity contribution < 1.29 is 9.47 Å². The molecule has 2 aromatic heterocycles. The number of morpholine rings is 1. The second kappa shape index (κ2) is 10.8. The van der Waals surface area contributed by atoms with Gasteiger partial charge >= 0.3 is 0 Å². The van der Waals surface area contributed by atoms with Crippen LogP contribution >= 0.6 is 0 Å². The maximum absolute atomic E-state index is 6.00. The second-order valence-corrected chi connectivity index (χ2v) is 8.04. The Morgan fingerprint density at radius 2 is 1.82 bits per heavy atom. The Labute approximate surface area is 199 Å². The maximum atomic E-state index is 6.00. The first-order valence-electron chi connectivity index (χ1n) is 11.5. The van der Waals surface area contributed by atoms with Gasteiger partial charge in [-0.05, 0) is 41.1 Å². The average molecular weight is 454 g/mol. The Bertz CT molecular complexity index is 1260. The Morgan fingerprint density at radius 3 is 2.68 bits per heavy atom. The van der Waals surface area contributed by atoms with Crippen LogP contribution in [0.1, 0.15) is 11.4 Å². The van der Waals surface area contributed by atoms with Gasteiger partial charge in [0.05, 0.1) is 37.4 Å². The number of rotatable bonds is 8. The molecule has 34 heavy (non-hydrogen) atoms. The van der Waals surface area contributed by atoms with Gasteiger partial charge in [0.25, 0.3) is 0 Å². The first-order valence-corrected chi connectivity index (χ1v) is 11.5. The van der Waals surface area contributed by atoms with E-state index in [1.54, 1.807) is 12.4 Å². The molecule has 4 aromatic rings. The van der Waals surface area contributed by atoms with Crippen LogP contribution in [-0.4, -0.2) is 49.1 Å². The lowest BCUT2D eigenvalue weighted by atomic mass is 10.1. The van der Waals surface area contributed by atoms with Crippen molar-refractivity contribution in [3.05, 3.63) is 90.4 Å². The molecule has 1 aliphatic heterocycles. The first-order chi connectivity index (χ1) is 16.8. The summed E-state index contributed by atoms with van der Waals surface area (Å²) in [7, 11) is 0. The number of nitrogens with one attached hydrogen (secondary N) is 1. The lowest BCUT2D eigenvalue weighted by Crippen LogP contribution is -2.36. The Hall–Kier alpha value is -3.97. The van der Waals surface area contributed by atoms with E-state index in [0.717, 1.165) is 42.3 Å². The number of pyridine rings is 2. The van der Waals surface area contributed by atoms with Crippen molar-refractivity contribution in [1.29, 1.82) is 0 Å². The molecule has 0 bridgehead atoms. The molecule has 7 heteroatoms. The fourth-order valence-electron chi connectivity index (χ4n) is 3.89. The Kier molecular flexibility index (Phi) is 6.92. The van der Waals surface area contributed by atoms with Gasteiger partial charge in [-0.15, -0.1) is 0 Å². The van der Waals surface area contributed by atoms with Gasteiger partial charge in [0.1, 0.15) is 0 Å². The van der Waals surface area contributed by atoms with Gasteiger partial charge in [-0.3, -0.25) is 10.4 Å². The van der Waals surface area contributed by atoms with Crippen LogP contribution in [0.15, 0.2) is 84.1 Å². The summed E-state index contributed by atoms with van der Waals surface area (Å²) in [6.45, 7) is 3.60. The van der Waals surface area contributed by atoms with E-state index < -0.39 is 0 Å². The van der Waals surface area contributed by atoms with Crippen molar-refractivity contribution in [3.63, 3.8) is 0 Å². The van der Waals surface area contributed by atoms with Crippen LogP contribution in [0.25, 0.3) is 10.8 Å². The summed E-state index contributed by atoms with van der Waals surface area (Å²) >= 11 is 0. The first kappa shape index (κ1) is 21.9. The zero-order chi connectivity index (χ0) is 23.0. The summed E-state index contributed by atoms with van der Waals surface area (Å²) in [5.74, 6) is 0.576. The maximum Gasteiger partial charge on any atom is 0.215 e. The molecular weight excluding hydrogens is 426 g/mol. The third-order valence-corrected chi connectivity index (χ3v) is 5.66. The molecule has 0 unspecified atom stereocenters. The van der Waals surface area contributed by atoms with Gasteiger partial charge in [-0.1, -0.05) is 36.4 Å². The van der Waals surface area contributed by atoms with Crippen LogP contribution in [0.5, 0.6) is 5.88 Å². The summed E-state index contributed by atoms with van der Waals surface area (Å²) in [5.41, 5.74) is 6.81. The fourth-order valence-corrected chi connectivity index (χ4v) is 3.89. The Balaban J connectivity index is 1.31. The van der Waals surface area contributed by atoms with Gasteiger partial charge in [-0.25, -0.2) is 4.98 Å². The van der Waals surface area contributed by atoms with Crippen molar-refractivity contribution in [2.75, 3.05) is 43.2 Å². The Morgan fingerprint density at radius 1 is 0.971 bits per heavy atom. The summed E-state index contributed by atoms with van der Waals surface area (Å²) in [6.07, 6.45) is 4.24. The number of ether oxygens (including phenoxy) is 2. The molecule has 0 amide bonds. The minimum atomic E-state index is 0.502. The van der Waals surface area contributed by atoms with Crippen LogP contribution in [-0.2, 0) is 11.2 Å². The summed E-state index contributed by atoms with van der Waals surface area (Å²) < 4.78 is 11.5. The molecule has 0 aliphatic carbocycles. The largest absolute Gasteiger partial charge is 0.477 e. The van der Waals surface area contributed by atoms with Gasteiger partial charge in [-0.2, -0.15) is 5.10 Å². The van der Waals surface area contributed by atoms with E-state index in [9.17, 15) is 0 Å². The van der Waals surface area contributed by atoms with E-state index in [1.807, 2.05) is 48.5 Å². The lowest BCUT2D eigenvalue weighted by Gasteiger charge is -2.29. The summed E-state index contributed by atoms with van der Waals surface area (Å²) in [4.78, 5) is 11.3. The van der Waals surface area contributed by atoms with Gasteiger partial charge in [0, 0.05) is 43.2 Å². The van der Waals surface area contributed by atoms with E-state index in [4.69, 9.17) is 9.47 Å². The van der Waals surface area contributed by atoms with Gasteiger partial charge < -0.3 is 14.4 Å². The molecule has 3 heterocycles. The zero-order valence-corrected chi connectivity index (χ0v) is 18.9. The van der Waals surface area contributed by atoms with Crippen LogP contribution < -0.4 is 15.1 Å². The SMILES string of the molecule is C(=N\Nc1ccc2ccccc2c1)/c1cc(N2CCOCC2)cc(OCCc2ccccn2)n1. The van der Waals surface area contributed by atoms with E-state index in [2.05, 4.69) is 49.7 Å². The van der Waals surface area contributed by atoms with Crippen LogP contribution in [0, 0.1) is 0 Å². The van der Waals surface area contributed by atoms with Crippen molar-refractivity contribution in [3.8, 4) is 5.88 Å². The highest BCUT2D eigenvalue weighted by molar-refractivity contribution is 5.86. The number of hydrogen-bond donors (Lipinski definition) is 1. The number of hydrazone groups is 1. The van der Waals surface area contributed by atoms with E-state index in [0.29, 0.717) is 25.7 Å². The highest BCUT2D eigenvalue weighted by Crippen LogP contribution is 2.22. The highest BCUT2D eigenvalue weighted by Gasteiger charge is 2.14. The van der Waals surface area contributed by atoms with Crippen LogP contribution in [0.2, 0.25) is 0 Å². The van der Waals surface area contributed by atoms with Crippen LogP contribution in [0.3, 0.4) is 0 Å². The van der Waals surface area contributed by atoms with Gasteiger partial charge in [0.2, 0.25) is 5.88 Å². The third-order valence-electron chi connectivity index (χ3n) is 5.66. The van der Waals surface area contributed by atoms with Crippen molar-refractivity contribution in [2.24, 2.45) is 5.10 Å². The predicted octanol–water partition coefficient (Wildman–Crippen LogP) is 4.53. The molecule has 5 rings (SSSR count). The number of nitrogens with zero attached hydrogens (tertiary/aromatic N) is 4. The van der Waals surface area contributed by atoms with Crippen molar-refractivity contribution in [2.45, 2.75) is 6.42 Å². The molecule has 172 valence electrons. The molecule has 1 fully saturated rings. The number of anilines is 2. The lowest BCUT2D eigenvalue weighted by molar-refractivity contribution is 0.122. The molecular formula is C27H27N5O2. The minimum absolute atomic E-state index is 0.502. The minimum Gasteiger partial charge on any atom is -0.477 e. The number of aromatic nitrogens is 2. The average Bonchev–Trinajstić information content (AvgIpc) is 2.90. The number of benzene rings is 2. The monoisotopic (exact) mass is 453 g/mol. The van der Waals surface area contributed by atoms with Gasteiger partial charge in [0.15, 0.2) is 0 Å². The topological polar surface area (TPSA) is 71.9 Å². The molecule has 1 saturated heterocycles. The molecule has 2 aromatic carbocycles. The highest BCUT2D eigenvalue weighted by atomic mass is 16.5. The molecule has 1 aliphatic rings. The van der Waals surface area contributed by atoms with E-state index >= 15 is 0 Å². The normalized spacial score (nSPS) is 13.9. The standard InChI is InChI=1S/C27H27N5O2/c1-2-6-22-17-24(9-8-21(22)5-1)31-29-20-25-18-26(32-12-15-33-16-13-32)19-27(30-25)34-14-10-23-7-3-4-11-28-23/h1-9,11,17-20,31H,10,12-16H2/b29-20+. The zero-order valence-electron chi connectivity index (χ0n) is 18.9. The van der Waals surface area contributed by atoms with E-state index in [-0.39, 0.29) is 0 Å². The van der Waals surface area contributed by atoms with E-state index in [1.165, 1.54) is 10.8 Å². The molecule has 7 nitrogen and oxygen atoms in total. The predicted molar refractivity (Wildman–Crippen MR) is 136 cm³/mol. The fraction of sp³-hybridized carbons (Fsp3) is 0.222. The molecule has 0 atom stereocenters. The van der Waals surface area contributed by atoms with Crippen molar-refractivity contribution in [1.82, 2.24) is 9.97 Å². The second-order valence-electron chi connectivity index (χ2n) is 8.04. The molecule has 0 spiro atoms. The van der Waals surface area contributed by atoms with Crippen LogP contribution in [0.4, 0.5) is 11.4 Å². The smallest absolute Gasteiger partial charge is 0.215 e. The molecule has 1 N–H and O–H groups in total. The van der Waals surface area contributed by atoms with Crippen molar-refractivity contribution >= 4 is 28.4 Å². The number of hydrogen-bond acceptors (Lipinski definition) is 7. The molecule has 0 radical (unpaired) electrons. The third kappa shape index (κ3) is 5.68. The molecule has 0 saturated carbocycles. The number of fused-ring (bicyclic) bond motifs is 1. The summed E-state index contributed by atoms with van der Waals surface area (Å²) in [5, 5.41) is 6.79. The summed E-state index contributed by atoms with van der Waals surface area (Å²) in [6, 6.07) is 24.3. The quantitative estimate of drug-likeness (QED) is 0.312.